The van der Waals surface area contributed by atoms with Crippen LogP contribution in [0.2, 0.25) is 0 Å². The van der Waals surface area contributed by atoms with Crippen molar-refractivity contribution in [1.29, 1.82) is 0 Å². The molecular formula is C23H37NO3. The number of fused-ring (bicyclic) bond motifs is 3. The van der Waals surface area contributed by atoms with Crippen molar-refractivity contribution >= 4 is 6.09 Å². The molecule has 27 heavy (non-hydrogen) atoms. The first-order valence-electron chi connectivity index (χ1n) is 11.2. The third-order valence-corrected chi connectivity index (χ3v) is 8.36. The molecular weight excluding hydrogens is 338 g/mol. The Labute approximate surface area is 164 Å². The number of ether oxygens (including phenoxy) is 2. The molecule has 4 rings (SSSR count). The van der Waals surface area contributed by atoms with Crippen LogP contribution >= 0.6 is 0 Å². The Balaban J connectivity index is 1.45. The third-order valence-electron chi connectivity index (χ3n) is 8.36. The lowest BCUT2D eigenvalue weighted by molar-refractivity contribution is -0.212. The van der Waals surface area contributed by atoms with Crippen molar-refractivity contribution in [2.24, 2.45) is 23.2 Å². The minimum Gasteiger partial charge on any atom is -0.449 e. The molecule has 3 fully saturated rings. The highest BCUT2D eigenvalue weighted by Crippen LogP contribution is 2.59. The predicted molar refractivity (Wildman–Crippen MR) is 107 cm³/mol. The molecule has 3 aliphatic carbocycles. The standard InChI is InChI=1S/C23H37NO3/c1-16-13-17(2)22(14-26-21(25)24-19-9-5-4-6-10-19)15-27-23(11-7-8-12-23)20(16)18(22)3/h13,17-20H,4-12,14-15H2,1-3H3,(H,24,25). The highest BCUT2D eigenvalue weighted by molar-refractivity contribution is 5.67. The second kappa shape index (κ2) is 7.42. The first-order valence-corrected chi connectivity index (χ1v) is 11.2. The maximum absolute atomic E-state index is 12.4. The van der Waals surface area contributed by atoms with E-state index in [1.54, 1.807) is 0 Å². The molecule has 1 aliphatic heterocycles. The fourth-order valence-electron chi connectivity index (χ4n) is 6.69. The Hall–Kier alpha value is -1.03. The molecule has 0 radical (unpaired) electrons. The summed E-state index contributed by atoms with van der Waals surface area (Å²) in [5.74, 6) is 1.31. The number of hydrogen-bond donors (Lipinski definition) is 1. The quantitative estimate of drug-likeness (QED) is 0.688. The fourth-order valence-corrected chi connectivity index (χ4v) is 6.69. The van der Waals surface area contributed by atoms with E-state index in [1.165, 1.54) is 50.5 Å². The lowest BCUT2D eigenvalue weighted by atomic mass is 9.53. The second-order valence-electron chi connectivity index (χ2n) is 9.81. The summed E-state index contributed by atoms with van der Waals surface area (Å²) in [5, 5.41) is 3.10. The van der Waals surface area contributed by atoms with Crippen LogP contribution < -0.4 is 5.32 Å². The van der Waals surface area contributed by atoms with Gasteiger partial charge in [0.2, 0.25) is 0 Å². The van der Waals surface area contributed by atoms with Crippen molar-refractivity contribution in [2.45, 2.75) is 90.2 Å². The molecule has 1 spiro atoms. The van der Waals surface area contributed by atoms with Gasteiger partial charge in [-0.15, -0.1) is 0 Å². The van der Waals surface area contributed by atoms with Crippen molar-refractivity contribution in [3.63, 3.8) is 0 Å². The number of carbonyl (C=O) groups is 1. The molecule has 1 N–H and O–H groups in total. The van der Waals surface area contributed by atoms with E-state index in [4.69, 9.17) is 9.47 Å². The number of nitrogens with one attached hydrogen (secondary N) is 1. The molecule has 1 saturated heterocycles. The van der Waals surface area contributed by atoms with E-state index in [9.17, 15) is 4.79 Å². The first-order chi connectivity index (χ1) is 13.0. The van der Waals surface area contributed by atoms with Gasteiger partial charge < -0.3 is 14.8 Å². The highest BCUT2D eigenvalue weighted by Gasteiger charge is 2.60. The zero-order chi connectivity index (χ0) is 19.1. The van der Waals surface area contributed by atoms with Crippen LogP contribution in [0.25, 0.3) is 0 Å². The molecule has 4 atom stereocenters. The summed E-state index contributed by atoms with van der Waals surface area (Å²) >= 11 is 0. The van der Waals surface area contributed by atoms with E-state index < -0.39 is 0 Å². The SMILES string of the molecule is CC1=CC(C)C2(COC(=O)NC3CCCCC3)COC3(CCCC3)C1C2C. The number of amides is 1. The molecule has 0 aromatic rings. The lowest BCUT2D eigenvalue weighted by Crippen LogP contribution is -2.61. The van der Waals surface area contributed by atoms with Crippen LogP contribution in [0.4, 0.5) is 4.79 Å². The average molecular weight is 376 g/mol. The third kappa shape index (κ3) is 3.32. The Morgan fingerprint density at radius 1 is 1.19 bits per heavy atom. The summed E-state index contributed by atoms with van der Waals surface area (Å²) in [6.07, 6.45) is 13.0. The molecule has 4 unspecified atom stereocenters. The molecule has 1 amide bonds. The molecule has 2 saturated carbocycles. The minimum absolute atomic E-state index is 0.0357. The van der Waals surface area contributed by atoms with Gasteiger partial charge in [-0.05, 0) is 44.4 Å². The van der Waals surface area contributed by atoms with Crippen LogP contribution in [0.5, 0.6) is 0 Å². The smallest absolute Gasteiger partial charge is 0.407 e. The van der Waals surface area contributed by atoms with E-state index in [-0.39, 0.29) is 17.1 Å². The zero-order valence-electron chi connectivity index (χ0n) is 17.4. The van der Waals surface area contributed by atoms with E-state index in [2.05, 4.69) is 32.2 Å². The Bertz CT molecular complexity index is 588. The summed E-state index contributed by atoms with van der Waals surface area (Å²) in [6, 6.07) is 0.296. The molecule has 4 nitrogen and oxygen atoms in total. The van der Waals surface area contributed by atoms with Crippen molar-refractivity contribution in [1.82, 2.24) is 5.32 Å². The van der Waals surface area contributed by atoms with Crippen molar-refractivity contribution in [3.8, 4) is 0 Å². The van der Waals surface area contributed by atoms with Gasteiger partial charge >= 0.3 is 6.09 Å². The van der Waals surface area contributed by atoms with Gasteiger partial charge in [-0.2, -0.15) is 0 Å². The number of hydrogen-bond acceptors (Lipinski definition) is 3. The van der Waals surface area contributed by atoms with Crippen LogP contribution in [0.1, 0.15) is 78.6 Å². The van der Waals surface area contributed by atoms with Gasteiger partial charge in [0.25, 0.3) is 0 Å². The van der Waals surface area contributed by atoms with Gasteiger partial charge in [-0.3, -0.25) is 0 Å². The van der Waals surface area contributed by atoms with Gasteiger partial charge in [0, 0.05) is 17.4 Å². The monoisotopic (exact) mass is 375 g/mol. The molecule has 1 heterocycles. The highest BCUT2D eigenvalue weighted by atomic mass is 16.6. The van der Waals surface area contributed by atoms with Crippen molar-refractivity contribution in [3.05, 3.63) is 11.6 Å². The molecule has 4 aliphatic rings. The zero-order valence-corrected chi connectivity index (χ0v) is 17.4. The fraction of sp³-hybridized carbons (Fsp3) is 0.870. The van der Waals surface area contributed by atoms with Gasteiger partial charge in [0.05, 0.1) is 12.2 Å². The number of rotatable bonds is 3. The summed E-state index contributed by atoms with van der Waals surface area (Å²) in [4.78, 5) is 12.4. The van der Waals surface area contributed by atoms with Crippen LogP contribution in [-0.4, -0.2) is 30.9 Å². The first kappa shape index (κ1) is 19.3. The van der Waals surface area contributed by atoms with Crippen LogP contribution in [0.15, 0.2) is 11.6 Å². The summed E-state index contributed by atoms with van der Waals surface area (Å²) < 4.78 is 12.5. The molecule has 2 bridgehead atoms. The van der Waals surface area contributed by atoms with Crippen LogP contribution in [0.3, 0.4) is 0 Å². The number of alkyl carbamates (subject to hydrolysis) is 1. The van der Waals surface area contributed by atoms with E-state index in [0.717, 1.165) is 12.8 Å². The maximum atomic E-state index is 12.4. The van der Waals surface area contributed by atoms with E-state index in [0.29, 0.717) is 37.0 Å². The van der Waals surface area contributed by atoms with Gasteiger partial charge in [0.15, 0.2) is 0 Å². The molecule has 0 aromatic heterocycles. The Morgan fingerprint density at radius 3 is 2.59 bits per heavy atom. The topological polar surface area (TPSA) is 47.6 Å². The normalized spacial score (nSPS) is 38.5. The Morgan fingerprint density at radius 2 is 1.89 bits per heavy atom. The van der Waals surface area contributed by atoms with Gasteiger partial charge in [-0.1, -0.05) is 57.6 Å². The molecule has 0 aromatic carbocycles. The van der Waals surface area contributed by atoms with Crippen molar-refractivity contribution < 1.29 is 14.3 Å². The number of allylic oxidation sites excluding steroid dienone is 1. The van der Waals surface area contributed by atoms with Crippen LogP contribution in [0, 0.1) is 23.2 Å². The largest absolute Gasteiger partial charge is 0.449 e. The summed E-state index contributed by atoms with van der Waals surface area (Å²) in [5.41, 5.74) is 1.43. The minimum atomic E-state index is -0.236. The maximum Gasteiger partial charge on any atom is 0.407 e. The summed E-state index contributed by atoms with van der Waals surface area (Å²) in [6.45, 7) is 8.11. The van der Waals surface area contributed by atoms with Crippen molar-refractivity contribution in [2.75, 3.05) is 13.2 Å². The van der Waals surface area contributed by atoms with Gasteiger partial charge in [0.1, 0.15) is 6.61 Å². The number of carbonyl (C=O) groups excluding carboxylic acids is 1. The molecule has 4 heteroatoms. The van der Waals surface area contributed by atoms with Gasteiger partial charge in [-0.25, -0.2) is 4.79 Å². The Kier molecular flexibility index (Phi) is 5.30. The lowest BCUT2D eigenvalue weighted by Gasteiger charge is -2.59. The molecule has 152 valence electrons. The van der Waals surface area contributed by atoms with E-state index >= 15 is 0 Å². The summed E-state index contributed by atoms with van der Waals surface area (Å²) in [7, 11) is 0. The van der Waals surface area contributed by atoms with E-state index in [1.807, 2.05) is 0 Å². The predicted octanol–water partition coefficient (Wildman–Crippen LogP) is 5.22. The average Bonchev–Trinajstić information content (AvgIpc) is 3.10. The van der Waals surface area contributed by atoms with Crippen LogP contribution in [-0.2, 0) is 9.47 Å². The second-order valence-corrected chi connectivity index (χ2v) is 9.81.